The van der Waals surface area contributed by atoms with Crippen LogP contribution in [0.4, 0.5) is 0 Å². The zero-order valence-electron chi connectivity index (χ0n) is 10.2. The summed E-state index contributed by atoms with van der Waals surface area (Å²) in [6, 6.07) is 3.95. The second-order valence-electron chi connectivity index (χ2n) is 4.38. The Kier molecular flexibility index (Phi) is 1.94. The summed E-state index contributed by atoms with van der Waals surface area (Å²) in [6.07, 6.45) is 5.21. The lowest BCUT2D eigenvalue weighted by Gasteiger charge is -1.97. The van der Waals surface area contributed by atoms with Crippen LogP contribution in [0.15, 0.2) is 30.9 Å². The quantitative estimate of drug-likeness (QED) is 0.542. The van der Waals surface area contributed by atoms with Crippen molar-refractivity contribution in [2.24, 2.45) is 0 Å². The molecule has 0 spiro atoms. The number of aryl methyl sites for hydroxylation is 1. The molecule has 2 N–H and O–H groups in total. The summed E-state index contributed by atoms with van der Waals surface area (Å²) in [5.41, 5.74) is 4.32. The molecule has 0 atom stereocenters. The van der Waals surface area contributed by atoms with Crippen LogP contribution in [-0.4, -0.2) is 29.9 Å². The van der Waals surface area contributed by atoms with Crippen LogP contribution in [-0.2, 0) is 0 Å². The summed E-state index contributed by atoms with van der Waals surface area (Å²) >= 11 is 0. The number of hydrogen-bond donors (Lipinski definition) is 2. The van der Waals surface area contributed by atoms with Gasteiger partial charge in [0, 0.05) is 23.3 Å². The summed E-state index contributed by atoms with van der Waals surface area (Å²) in [6.45, 7) is 1.92. The van der Waals surface area contributed by atoms with Gasteiger partial charge in [-0.2, -0.15) is 0 Å². The summed E-state index contributed by atoms with van der Waals surface area (Å²) in [5, 5.41) is 0.960. The highest BCUT2D eigenvalue weighted by Gasteiger charge is 2.10. The fourth-order valence-corrected chi connectivity index (χ4v) is 2.23. The van der Waals surface area contributed by atoms with Crippen LogP contribution in [0, 0.1) is 6.92 Å². The Morgan fingerprint density at radius 2 is 2.11 bits per heavy atom. The van der Waals surface area contributed by atoms with E-state index in [1.165, 1.54) is 6.33 Å². The van der Waals surface area contributed by atoms with Gasteiger partial charge in [-0.1, -0.05) is 0 Å². The van der Waals surface area contributed by atoms with Crippen LogP contribution in [0.2, 0.25) is 0 Å². The lowest BCUT2D eigenvalue weighted by molar-refractivity contribution is 1.16. The van der Waals surface area contributed by atoms with Crippen molar-refractivity contribution in [2.75, 3.05) is 0 Å². The fourth-order valence-electron chi connectivity index (χ4n) is 2.23. The number of nitrogens with one attached hydrogen (secondary N) is 2. The zero-order chi connectivity index (χ0) is 12.8. The second-order valence-corrected chi connectivity index (χ2v) is 4.38. The first-order chi connectivity index (χ1) is 9.31. The fraction of sp³-hybridized carbons (Fsp3) is 0.0769. The third-order valence-corrected chi connectivity index (χ3v) is 3.10. The molecule has 0 unspecified atom stereocenters. The average Bonchev–Trinajstić information content (AvgIpc) is 2.99. The maximum absolute atomic E-state index is 4.57. The minimum Gasteiger partial charge on any atom is -0.345 e. The van der Waals surface area contributed by atoms with Crippen molar-refractivity contribution in [3.63, 3.8) is 0 Å². The molecule has 4 heterocycles. The van der Waals surface area contributed by atoms with Crippen molar-refractivity contribution in [2.45, 2.75) is 6.92 Å². The number of pyridine rings is 1. The average molecular weight is 250 g/mol. The molecule has 4 aromatic heterocycles. The lowest BCUT2D eigenvalue weighted by Crippen LogP contribution is -1.84. The molecular formula is C13H10N6. The van der Waals surface area contributed by atoms with Gasteiger partial charge in [0.15, 0.2) is 5.65 Å². The number of H-pyrrole nitrogens is 2. The molecule has 0 radical (unpaired) electrons. The summed E-state index contributed by atoms with van der Waals surface area (Å²) in [4.78, 5) is 23.4. The number of fused-ring (bicyclic) bond motifs is 2. The van der Waals surface area contributed by atoms with Crippen molar-refractivity contribution in [1.29, 1.82) is 0 Å². The first-order valence-corrected chi connectivity index (χ1v) is 5.92. The SMILES string of the molecule is Cc1nc2nc(-c3c[nH]c4ncncc34)ccc2[nH]1. The van der Waals surface area contributed by atoms with E-state index in [0.717, 1.165) is 39.3 Å². The molecule has 0 fully saturated rings. The van der Waals surface area contributed by atoms with Crippen LogP contribution in [0.1, 0.15) is 5.82 Å². The molecule has 4 aromatic rings. The van der Waals surface area contributed by atoms with E-state index in [1.54, 1.807) is 6.20 Å². The molecule has 0 aliphatic heterocycles. The van der Waals surface area contributed by atoms with Crippen molar-refractivity contribution >= 4 is 22.2 Å². The largest absolute Gasteiger partial charge is 0.345 e. The minimum atomic E-state index is 0.723. The maximum atomic E-state index is 4.57. The summed E-state index contributed by atoms with van der Waals surface area (Å²) < 4.78 is 0. The van der Waals surface area contributed by atoms with E-state index in [0.29, 0.717) is 0 Å². The van der Waals surface area contributed by atoms with Gasteiger partial charge in [0.05, 0.1) is 11.2 Å². The Balaban J connectivity index is 1.98. The van der Waals surface area contributed by atoms with E-state index in [4.69, 9.17) is 0 Å². The third kappa shape index (κ3) is 1.50. The molecule has 0 saturated carbocycles. The van der Waals surface area contributed by atoms with Crippen molar-refractivity contribution in [1.82, 2.24) is 29.9 Å². The third-order valence-electron chi connectivity index (χ3n) is 3.10. The molecule has 0 saturated heterocycles. The van der Waals surface area contributed by atoms with E-state index in [1.807, 2.05) is 25.3 Å². The molecule has 92 valence electrons. The molecule has 6 nitrogen and oxygen atoms in total. The Hall–Kier alpha value is -2.76. The molecule has 4 rings (SSSR count). The number of aromatic nitrogens is 6. The van der Waals surface area contributed by atoms with Crippen LogP contribution in [0.3, 0.4) is 0 Å². The number of nitrogens with zero attached hydrogens (tertiary/aromatic N) is 4. The van der Waals surface area contributed by atoms with Gasteiger partial charge in [0.25, 0.3) is 0 Å². The predicted molar refractivity (Wildman–Crippen MR) is 71.5 cm³/mol. The van der Waals surface area contributed by atoms with Crippen LogP contribution < -0.4 is 0 Å². The standard InChI is InChI=1S/C13H10N6/c1-7-17-11-3-2-10(19-13(11)18-7)8-5-15-12-9(8)4-14-6-16-12/h2-6H,1H3,(H,14,15,16)(H,17,18,19). The molecule has 6 heteroatoms. The van der Waals surface area contributed by atoms with Crippen LogP contribution in [0.5, 0.6) is 0 Å². The summed E-state index contributed by atoms with van der Waals surface area (Å²) in [7, 11) is 0. The van der Waals surface area contributed by atoms with Gasteiger partial charge in [-0.15, -0.1) is 0 Å². The summed E-state index contributed by atoms with van der Waals surface area (Å²) in [5.74, 6) is 0.863. The van der Waals surface area contributed by atoms with E-state index in [2.05, 4.69) is 29.9 Å². The van der Waals surface area contributed by atoms with Gasteiger partial charge in [-0.25, -0.2) is 19.9 Å². The van der Waals surface area contributed by atoms with Crippen LogP contribution >= 0.6 is 0 Å². The number of imidazole rings is 1. The Bertz CT molecular complexity index is 888. The second kappa shape index (κ2) is 3.61. The topological polar surface area (TPSA) is 83.1 Å². The maximum Gasteiger partial charge on any atom is 0.178 e. The van der Waals surface area contributed by atoms with Gasteiger partial charge < -0.3 is 9.97 Å². The predicted octanol–water partition coefficient (Wildman–Crippen LogP) is 2.20. The lowest BCUT2D eigenvalue weighted by atomic mass is 10.1. The van der Waals surface area contributed by atoms with Gasteiger partial charge >= 0.3 is 0 Å². The van der Waals surface area contributed by atoms with Crippen molar-refractivity contribution < 1.29 is 0 Å². The smallest absolute Gasteiger partial charge is 0.178 e. The first-order valence-electron chi connectivity index (χ1n) is 5.92. The molecule has 0 aromatic carbocycles. The first kappa shape index (κ1) is 10.2. The van der Waals surface area contributed by atoms with E-state index in [-0.39, 0.29) is 0 Å². The molecule has 0 amide bonds. The zero-order valence-corrected chi connectivity index (χ0v) is 10.2. The van der Waals surface area contributed by atoms with Crippen molar-refractivity contribution in [3.05, 3.63) is 36.7 Å². The molecular weight excluding hydrogens is 240 g/mol. The highest BCUT2D eigenvalue weighted by Crippen LogP contribution is 2.26. The molecule has 0 aliphatic rings. The number of hydrogen-bond acceptors (Lipinski definition) is 4. The van der Waals surface area contributed by atoms with Gasteiger partial charge in [0.1, 0.15) is 17.8 Å². The monoisotopic (exact) mass is 250 g/mol. The highest BCUT2D eigenvalue weighted by molar-refractivity contribution is 5.92. The van der Waals surface area contributed by atoms with Gasteiger partial charge in [0.2, 0.25) is 0 Å². The van der Waals surface area contributed by atoms with E-state index < -0.39 is 0 Å². The number of rotatable bonds is 1. The van der Waals surface area contributed by atoms with Crippen LogP contribution in [0.25, 0.3) is 33.5 Å². The molecule has 0 bridgehead atoms. The normalized spacial score (nSPS) is 11.4. The number of aromatic amines is 2. The van der Waals surface area contributed by atoms with E-state index in [9.17, 15) is 0 Å². The Morgan fingerprint density at radius 3 is 3.05 bits per heavy atom. The Morgan fingerprint density at radius 1 is 1.16 bits per heavy atom. The minimum absolute atomic E-state index is 0.723. The van der Waals surface area contributed by atoms with Gasteiger partial charge in [-0.3, -0.25) is 0 Å². The van der Waals surface area contributed by atoms with Gasteiger partial charge in [-0.05, 0) is 19.1 Å². The molecule has 19 heavy (non-hydrogen) atoms. The molecule has 0 aliphatic carbocycles. The Labute approximate surface area is 108 Å². The van der Waals surface area contributed by atoms with E-state index >= 15 is 0 Å². The highest BCUT2D eigenvalue weighted by atomic mass is 15.0. The van der Waals surface area contributed by atoms with Crippen molar-refractivity contribution in [3.8, 4) is 11.3 Å².